The summed E-state index contributed by atoms with van der Waals surface area (Å²) in [6.07, 6.45) is 1.95. The van der Waals surface area contributed by atoms with Gasteiger partial charge in [0.1, 0.15) is 10.6 Å². The van der Waals surface area contributed by atoms with E-state index in [0.717, 1.165) is 5.69 Å². The quantitative estimate of drug-likeness (QED) is 0.903. The third-order valence-corrected chi connectivity index (χ3v) is 6.35. The predicted molar refractivity (Wildman–Crippen MR) is 94.0 cm³/mol. The fraction of sp³-hybridized carbons (Fsp3) is 0.353. The van der Waals surface area contributed by atoms with E-state index in [2.05, 4.69) is 9.88 Å². The summed E-state index contributed by atoms with van der Waals surface area (Å²) in [4.78, 5) is 11.3. The van der Waals surface area contributed by atoms with Crippen LogP contribution in [0.25, 0.3) is 0 Å². The highest BCUT2D eigenvalue weighted by molar-refractivity contribution is 7.89. The molecule has 0 radical (unpaired) electrons. The molecule has 2 heterocycles. The van der Waals surface area contributed by atoms with Crippen molar-refractivity contribution in [3.8, 4) is 5.75 Å². The number of anilines is 1. The number of benzene rings is 1. The summed E-state index contributed by atoms with van der Waals surface area (Å²) in [5.74, 6) is -0.0139. The molecule has 1 amide bonds. The van der Waals surface area contributed by atoms with Crippen molar-refractivity contribution in [2.45, 2.75) is 31.3 Å². The van der Waals surface area contributed by atoms with E-state index < -0.39 is 10.0 Å². The van der Waals surface area contributed by atoms with E-state index in [1.54, 1.807) is 12.1 Å². The van der Waals surface area contributed by atoms with Gasteiger partial charge in [0.15, 0.2) is 0 Å². The van der Waals surface area contributed by atoms with Crippen molar-refractivity contribution in [1.82, 2.24) is 8.87 Å². The van der Waals surface area contributed by atoms with Gasteiger partial charge in [-0.05, 0) is 37.3 Å². The van der Waals surface area contributed by atoms with E-state index in [0.29, 0.717) is 18.8 Å². The minimum atomic E-state index is -3.79. The molecule has 25 heavy (non-hydrogen) atoms. The summed E-state index contributed by atoms with van der Waals surface area (Å²) in [7, 11) is -2.36. The standard InChI is InChI=1S/C17H21N3O4S/c1-12-15-5-4-8-19(15)9-10-20(12)25(22,23)17-11-14(18-13(2)21)6-7-16(17)24-3/h4-8,11-12H,9-10H2,1-3H3,(H,18,21)/t12-/m0/s1. The van der Waals surface area contributed by atoms with E-state index in [-0.39, 0.29) is 22.6 Å². The Balaban J connectivity index is 2.04. The SMILES string of the molecule is COc1ccc(NC(C)=O)cc1S(=O)(=O)N1CCn2cccc2[C@@H]1C. The molecule has 0 spiro atoms. The Labute approximate surface area is 147 Å². The molecule has 2 aromatic rings. The van der Waals surface area contributed by atoms with Crippen molar-refractivity contribution in [2.24, 2.45) is 0 Å². The Morgan fingerprint density at radius 3 is 2.72 bits per heavy atom. The van der Waals surface area contributed by atoms with Gasteiger partial charge in [0, 0.05) is 37.6 Å². The van der Waals surface area contributed by atoms with Gasteiger partial charge in [-0.25, -0.2) is 8.42 Å². The Morgan fingerprint density at radius 2 is 2.04 bits per heavy atom. The van der Waals surface area contributed by atoms with Crippen LogP contribution in [0.15, 0.2) is 41.4 Å². The smallest absolute Gasteiger partial charge is 0.247 e. The number of hydrogen-bond donors (Lipinski definition) is 1. The average Bonchev–Trinajstić information content (AvgIpc) is 3.04. The van der Waals surface area contributed by atoms with Crippen LogP contribution in [0.1, 0.15) is 25.6 Å². The van der Waals surface area contributed by atoms with E-state index in [1.807, 2.05) is 25.3 Å². The fourth-order valence-electron chi connectivity index (χ4n) is 3.17. The minimum absolute atomic E-state index is 0.0492. The number of carbonyl (C=O) groups is 1. The lowest BCUT2D eigenvalue weighted by Gasteiger charge is -2.34. The largest absolute Gasteiger partial charge is 0.495 e. The number of aromatic nitrogens is 1. The zero-order chi connectivity index (χ0) is 18.2. The van der Waals surface area contributed by atoms with Gasteiger partial charge in [-0.3, -0.25) is 4.79 Å². The molecule has 3 rings (SSSR count). The molecule has 0 saturated carbocycles. The zero-order valence-corrected chi connectivity index (χ0v) is 15.2. The van der Waals surface area contributed by atoms with Crippen molar-refractivity contribution in [1.29, 1.82) is 0 Å². The molecule has 1 N–H and O–H groups in total. The van der Waals surface area contributed by atoms with Crippen molar-refractivity contribution >= 4 is 21.6 Å². The van der Waals surface area contributed by atoms with E-state index >= 15 is 0 Å². The third kappa shape index (κ3) is 3.14. The molecule has 0 bridgehead atoms. The number of hydrogen-bond acceptors (Lipinski definition) is 4. The molecule has 0 unspecified atom stereocenters. The van der Waals surface area contributed by atoms with Crippen LogP contribution in [0.5, 0.6) is 5.75 Å². The van der Waals surface area contributed by atoms with Crippen LogP contribution < -0.4 is 10.1 Å². The number of amides is 1. The summed E-state index contributed by atoms with van der Waals surface area (Å²) in [5, 5.41) is 2.61. The van der Waals surface area contributed by atoms with Crippen LogP contribution in [-0.2, 0) is 21.4 Å². The number of rotatable bonds is 4. The summed E-state index contributed by atoms with van der Waals surface area (Å²) in [5.41, 5.74) is 1.37. The van der Waals surface area contributed by atoms with Crippen molar-refractivity contribution in [3.05, 3.63) is 42.2 Å². The van der Waals surface area contributed by atoms with Crippen molar-refractivity contribution in [3.63, 3.8) is 0 Å². The first-order valence-corrected chi connectivity index (χ1v) is 9.41. The van der Waals surface area contributed by atoms with Gasteiger partial charge in [-0.15, -0.1) is 0 Å². The van der Waals surface area contributed by atoms with Crippen LogP contribution in [0, 0.1) is 0 Å². The molecule has 134 valence electrons. The second-order valence-corrected chi connectivity index (χ2v) is 7.82. The maximum absolute atomic E-state index is 13.3. The molecule has 1 atom stereocenters. The number of ether oxygens (including phenoxy) is 1. The molecular weight excluding hydrogens is 342 g/mol. The zero-order valence-electron chi connectivity index (χ0n) is 14.4. The van der Waals surface area contributed by atoms with Crippen LogP contribution in [0.3, 0.4) is 0 Å². The first kappa shape index (κ1) is 17.5. The predicted octanol–water partition coefficient (Wildman–Crippen LogP) is 2.22. The Morgan fingerprint density at radius 1 is 1.28 bits per heavy atom. The maximum Gasteiger partial charge on any atom is 0.247 e. The van der Waals surface area contributed by atoms with Gasteiger partial charge in [0.25, 0.3) is 0 Å². The summed E-state index contributed by atoms with van der Waals surface area (Å²) in [6.45, 7) is 4.21. The Kier molecular flexibility index (Phi) is 4.57. The van der Waals surface area contributed by atoms with Gasteiger partial charge in [-0.2, -0.15) is 4.31 Å². The van der Waals surface area contributed by atoms with Gasteiger partial charge in [0.05, 0.1) is 13.2 Å². The number of fused-ring (bicyclic) bond motifs is 1. The van der Waals surface area contributed by atoms with Crippen LogP contribution in [-0.4, -0.2) is 36.9 Å². The third-order valence-electron chi connectivity index (χ3n) is 4.36. The average molecular weight is 363 g/mol. The molecule has 7 nitrogen and oxygen atoms in total. The highest BCUT2D eigenvalue weighted by atomic mass is 32.2. The number of nitrogens with one attached hydrogen (secondary N) is 1. The highest BCUT2D eigenvalue weighted by Gasteiger charge is 2.35. The first-order chi connectivity index (χ1) is 11.8. The fourth-order valence-corrected chi connectivity index (χ4v) is 4.95. The Bertz CT molecular complexity index is 904. The molecule has 8 heteroatoms. The number of carbonyl (C=O) groups excluding carboxylic acids is 1. The molecule has 1 aromatic carbocycles. The molecule has 1 aliphatic rings. The van der Waals surface area contributed by atoms with Crippen LogP contribution in [0.2, 0.25) is 0 Å². The summed E-state index contributed by atoms with van der Waals surface area (Å²) >= 11 is 0. The maximum atomic E-state index is 13.3. The van der Waals surface area contributed by atoms with Gasteiger partial charge in [0.2, 0.25) is 15.9 Å². The lowest BCUT2D eigenvalue weighted by atomic mass is 10.2. The lowest BCUT2D eigenvalue weighted by Crippen LogP contribution is -2.40. The van der Waals surface area contributed by atoms with Gasteiger partial charge < -0.3 is 14.6 Å². The Hall–Kier alpha value is -2.32. The van der Waals surface area contributed by atoms with Crippen LogP contribution in [0.4, 0.5) is 5.69 Å². The highest BCUT2D eigenvalue weighted by Crippen LogP contribution is 2.35. The topological polar surface area (TPSA) is 80.6 Å². The van der Waals surface area contributed by atoms with Gasteiger partial charge in [-0.1, -0.05) is 0 Å². The second kappa shape index (κ2) is 6.53. The number of nitrogens with zero attached hydrogens (tertiary/aromatic N) is 2. The van der Waals surface area contributed by atoms with E-state index in [9.17, 15) is 13.2 Å². The molecule has 0 saturated heterocycles. The normalized spacial score (nSPS) is 17.8. The second-order valence-electron chi connectivity index (χ2n) is 5.97. The minimum Gasteiger partial charge on any atom is -0.495 e. The summed E-state index contributed by atoms with van der Waals surface area (Å²) in [6, 6.07) is 8.16. The molecule has 0 fully saturated rings. The molecule has 0 aliphatic carbocycles. The van der Waals surface area contributed by atoms with E-state index in [4.69, 9.17) is 4.74 Å². The van der Waals surface area contributed by atoms with E-state index in [1.165, 1.54) is 24.4 Å². The lowest BCUT2D eigenvalue weighted by molar-refractivity contribution is -0.114. The number of methoxy groups -OCH3 is 1. The number of sulfonamides is 1. The van der Waals surface area contributed by atoms with Gasteiger partial charge >= 0.3 is 0 Å². The molecule has 1 aromatic heterocycles. The molecular formula is C17H21N3O4S. The van der Waals surface area contributed by atoms with Crippen molar-refractivity contribution < 1.29 is 17.9 Å². The first-order valence-electron chi connectivity index (χ1n) is 7.97. The van der Waals surface area contributed by atoms with Crippen LogP contribution >= 0.6 is 0 Å². The summed E-state index contributed by atoms with van der Waals surface area (Å²) < 4.78 is 35.3. The van der Waals surface area contributed by atoms with Crippen molar-refractivity contribution in [2.75, 3.05) is 19.0 Å². The molecule has 1 aliphatic heterocycles. The monoisotopic (exact) mass is 363 g/mol.